The van der Waals surface area contributed by atoms with Gasteiger partial charge in [-0.25, -0.2) is 0 Å². The summed E-state index contributed by atoms with van der Waals surface area (Å²) in [7, 11) is 1.84. The Hall–Kier alpha value is -1.95. The Morgan fingerprint density at radius 2 is 1.96 bits per heavy atom. The number of benzene rings is 1. The minimum Gasteiger partial charge on any atom is -0.348 e. The van der Waals surface area contributed by atoms with Crippen LogP contribution in [0.1, 0.15) is 50.6 Å². The number of rotatable bonds is 4. The second-order valence-corrected chi connectivity index (χ2v) is 7.98. The Morgan fingerprint density at radius 3 is 2.42 bits per heavy atom. The molecule has 1 fully saturated rings. The zero-order chi connectivity index (χ0) is 17.5. The number of carbonyl (C=O) groups excluding carboxylic acids is 1. The largest absolute Gasteiger partial charge is 0.348 e. The van der Waals surface area contributed by atoms with Crippen molar-refractivity contribution in [1.29, 1.82) is 0 Å². The third kappa shape index (κ3) is 3.02. The van der Waals surface area contributed by atoms with Crippen LogP contribution < -0.4 is 5.32 Å². The maximum Gasteiger partial charge on any atom is 0.231 e. The van der Waals surface area contributed by atoms with Gasteiger partial charge in [0.05, 0.1) is 12.0 Å². The molecule has 0 saturated heterocycles. The Labute approximate surface area is 147 Å². The van der Waals surface area contributed by atoms with Gasteiger partial charge in [0, 0.05) is 7.05 Å². The van der Waals surface area contributed by atoms with Crippen LogP contribution in [0.5, 0.6) is 0 Å². The number of aromatic amines is 1. The maximum absolute atomic E-state index is 12.7. The molecule has 0 unspecified atom stereocenters. The summed E-state index contributed by atoms with van der Waals surface area (Å²) < 4.78 is 2.32. The average molecular weight is 344 g/mol. The normalized spacial score (nSPS) is 16.0. The van der Waals surface area contributed by atoms with Crippen molar-refractivity contribution in [3.63, 3.8) is 0 Å². The minimum atomic E-state index is -0.373. The summed E-state index contributed by atoms with van der Waals surface area (Å²) in [5, 5.41) is 9.87. The van der Waals surface area contributed by atoms with Gasteiger partial charge >= 0.3 is 0 Å². The quantitative estimate of drug-likeness (QED) is 0.838. The van der Waals surface area contributed by atoms with Gasteiger partial charge in [0.1, 0.15) is 0 Å². The van der Waals surface area contributed by atoms with Crippen molar-refractivity contribution >= 4 is 18.1 Å². The molecule has 0 spiro atoms. The molecule has 1 aliphatic rings. The summed E-state index contributed by atoms with van der Waals surface area (Å²) in [5.41, 5.74) is 2.13. The lowest BCUT2D eigenvalue weighted by molar-refractivity contribution is -0.123. The number of carbonyl (C=O) groups is 1. The summed E-state index contributed by atoms with van der Waals surface area (Å²) >= 11 is 5.09. The maximum atomic E-state index is 12.7. The summed E-state index contributed by atoms with van der Waals surface area (Å²) in [6.45, 7) is 6.96. The molecule has 0 aliphatic heterocycles. The first kappa shape index (κ1) is 16.9. The standard InChI is InChI=1S/C18H24N4OS/c1-17(2,3)12-5-7-13(8-6-12)18(9-10-18)15(23)19-11-14-20-21-16(24)22(14)4/h5-8H,9-11H2,1-4H3,(H,19,23)(H,21,24). The van der Waals surface area contributed by atoms with Gasteiger partial charge in [0.2, 0.25) is 5.91 Å². The van der Waals surface area contributed by atoms with E-state index < -0.39 is 0 Å². The van der Waals surface area contributed by atoms with Gasteiger partial charge < -0.3 is 9.88 Å². The van der Waals surface area contributed by atoms with E-state index in [1.807, 2.05) is 7.05 Å². The van der Waals surface area contributed by atoms with E-state index in [0.29, 0.717) is 11.3 Å². The topological polar surface area (TPSA) is 62.7 Å². The van der Waals surface area contributed by atoms with E-state index in [2.05, 4.69) is 60.6 Å². The summed E-state index contributed by atoms with van der Waals surface area (Å²) in [4.78, 5) is 12.7. The van der Waals surface area contributed by atoms with Gasteiger partial charge in [0.15, 0.2) is 10.6 Å². The van der Waals surface area contributed by atoms with Crippen molar-refractivity contribution < 1.29 is 4.79 Å². The molecule has 1 saturated carbocycles. The van der Waals surface area contributed by atoms with Gasteiger partial charge in [-0.1, -0.05) is 45.0 Å². The van der Waals surface area contributed by atoms with Crippen LogP contribution in [0.25, 0.3) is 0 Å². The van der Waals surface area contributed by atoms with Crippen molar-refractivity contribution in [3.05, 3.63) is 46.0 Å². The van der Waals surface area contributed by atoms with Gasteiger partial charge in [-0.3, -0.25) is 9.89 Å². The lowest BCUT2D eigenvalue weighted by Crippen LogP contribution is -2.35. The number of H-pyrrole nitrogens is 1. The second-order valence-electron chi connectivity index (χ2n) is 7.60. The van der Waals surface area contributed by atoms with Crippen LogP contribution in [0.3, 0.4) is 0 Å². The number of aromatic nitrogens is 3. The van der Waals surface area contributed by atoms with E-state index in [1.54, 1.807) is 4.57 Å². The Morgan fingerprint density at radius 1 is 1.33 bits per heavy atom. The van der Waals surface area contributed by atoms with E-state index in [1.165, 1.54) is 5.56 Å². The molecule has 2 aromatic rings. The summed E-state index contributed by atoms with van der Waals surface area (Å²) in [6, 6.07) is 8.48. The lowest BCUT2D eigenvalue weighted by atomic mass is 9.85. The molecule has 1 aromatic heterocycles. The highest BCUT2D eigenvalue weighted by Gasteiger charge is 2.51. The van der Waals surface area contributed by atoms with Crippen LogP contribution in [0, 0.1) is 4.77 Å². The molecule has 6 heteroatoms. The molecule has 2 N–H and O–H groups in total. The molecule has 128 valence electrons. The Kier molecular flexibility index (Phi) is 4.11. The van der Waals surface area contributed by atoms with Crippen molar-refractivity contribution in [2.24, 2.45) is 7.05 Å². The fourth-order valence-electron chi connectivity index (χ4n) is 2.93. The van der Waals surface area contributed by atoms with Crippen molar-refractivity contribution in [1.82, 2.24) is 20.1 Å². The number of nitrogens with one attached hydrogen (secondary N) is 2. The monoisotopic (exact) mass is 344 g/mol. The van der Waals surface area contributed by atoms with E-state index in [0.717, 1.165) is 24.2 Å². The molecule has 0 bridgehead atoms. The number of nitrogens with zero attached hydrogens (tertiary/aromatic N) is 2. The zero-order valence-corrected chi connectivity index (χ0v) is 15.5. The SMILES string of the molecule is Cn1c(CNC(=O)C2(c3ccc(C(C)(C)C)cc3)CC2)n[nH]c1=S. The van der Waals surface area contributed by atoms with Gasteiger partial charge in [0.25, 0.3) is 0 Å². The molecular formula is C18H24N4OS. The smallest absolute Gasteiger partial charge is 0.231 e. The lowest BCUT2D eigenvalue weighted by Gasteiger charge is -2.21. The van der Waals surface area contributed by atoms with Gasteiger partial charge in [-0.15, -0.1) is 0 Å². The predicted octanol–water partition coefficient (Wildman–Crippen LogP) is 3.12. The third-order valence-corrected chi connectivity index (χ3v) is 5.23. The Balaban J connectivity index is 1.72. The number of amides is 1. The van der Waals surface area contributed by atoms with Gasteiger partial charge in [-0.2, -0.15) is 5.10 Å². The zero-order valence-electron chi connectivity index (χ0n) is 14.6. The highest BCUT2D eigenvalue weighted by molar-refractivity contribution is 7.71. The third-order valence-electron chi connectivity index (χ3n) is 4.87. The summed E-state index contributed by atoms with van der Waals surface area (Å²) in [5.74, 6) is 0.798. The molecule has 1 aliphatic carbocycles. The van der Waals surface area contributed by atoms with Crippen LogP contribution in [0.15, 0.2) is 24.3 Å². The van der Waals surface area contributed by atoms with Crippen molar-refractivity contribution in [3.8, 4) is 0 Å². The first-order chi connectivity index (χ1) is 11.2. The fraction of sp³-hybridized carbons (Fsp3) is 0.500. The van der Waals surface area contributed by atoms with Crippen LogP contribution in [0.4, 0.5) is 0 Å². The molecular weight excluding hydrogens is 320 g/mol. The van der Waals surface area contributed by atoms with Crippen LogP contribution >= 0.6 is 12.2 Å². The van der Waals surface area contributed by atoms with Crippen LogP contribution in [-0.4, -0.2) is 20.7 Å². The van der Waals surface area contributed by atoms with E-state index in [9.17, 15) is 4.79 Å². The molecule has 1 amide bonds. The molecule has 5 nitrogen and oxygen atoms in total. The van der Waals surface area contributed by atoms with Crippen molar-refractivity contribution in [2.75, 3.05) is 0 Å². The van der Waals surface area contributed by atoms with Gasteiger partial charge in [-0.05, 0) is 41.6 Å². The highest BCUT2D eigenvalue weighted by Crippen LogP contribution is 2.48. The molecule has 24 heavy (non-hydrogen) atoms. The highest BCUT2D eigenvalue weighted by atomic mass is 32.1. The molecule has 1 heterocycles. The van der Waals surface area contributed by atoms with Crippen molar-refractivity contribution in [2.45, 2.75) is 51.0 Å². The minimum absolute atomic E-state index is 0.0694. The molecule has 0 atom stereocenters. The number of hydrogen-bond donors (Lipinski definition) is 2. The number of hydrogen-bond acceptors (Lipinski definition) is 3. The average Bonchev–Trinajstić information content (AvgIpc) is 3.29. The van der Waals surface area contributed by atoms with E-state index in [-0.39, 0.29) is 16.7 Å². The molecule has 1 aromatic carbocycles. The van der Waals surface area contributed by atoms with E-state index in [4.69, 9.17) is 12.2 Å². The van der Waals surface area contributed by atoms with Crippen LogP contribution in [-0.2, 0) is 29.2 Å². The molecule has 0 radical (unpaired) electrons. The second kappa shape index (κ2) is 5.84. The van der Waals surface area contributed by atoms with E-state index >= 15 is 0 Å². The Bertz CT molecular complexity index is 807. The van der Waals surface area contributed by atoms with Crippen LogP contribution in [0.2, 0.25) is 0 Å². The first-order valence-corrected chi connectivity index (χ1v) is 8.64. The first-order valence-electron chi connectivity index (χ1n) is 8.24. The fourth-order valence-corrected chi connectivity index (χ4v) is 3.08. The molecule has 3 rings (SSSR count). The predicted molar refractivity (Wildman–Crippen MR) is 96.3 cm³/mol. The summed E-state index contributed by atoms with van der Waals surface area (Å²) in [6.07, 6.45) is 1.79.